The van der Waals surface area contributed by atoms with Crippen LogP contribution in [0.3, 0.4) is 0 Å². The first kappa shape index (κ1) is 14.9. The summed E-state index contributed by atoms with van der Waals surface area (Å²) in [7, 11) is 0. The first-order chi connectivity index (χ1) is 10.1. The molecule has 1 fully saturated rings. The summed E-state index contributed by atoms with van der Waals surface area (Å²) in [5.41, 5.74) is 0.626. The summed E-state index contributed by atoms with van der Waals surface area (Å²) >= 11 is 4.31. The monoisotopic (exact) mass is 370 g/mol. The summed E-state index contributed by atoms with van der Waals surface area (Å²) in [5.74, 6) is -1.10. The highest BCUT2D eigenvalue weighted by Crippen LogP contribution is 2.35. The van der Waals surface area contributed by atoms with E-state index >= 15 is 0 Å². The summed E-state index contributed by atoms with van der Waals surface area (Å²) in [6.45, 7) is 0.497. The van der Waals surface area contributed by atoms with Gasteiger partial charge in [-0.3, -0.25) is 0 Å². The van der Waals surface area contributed by atoms with Crippen molar-refractivity contribution in [2.75, 3.05) is 0 Å². The Bertz CT molecular complexity index is 639. The second kappa shape index (κ2) is 6.42. The van der Waals surface area contributed by atoms with E-state index in [1.54, 1.807) is 18.3 Å². The molecule has 0 saturated heterocycles. The van der Waals surface area contributed by atoms with Crippen molar-refractivity contribution < 1.29 is 8.78 Å². The van der Waals surface area contributed by atoms with Gasteiger partial charge in [0.2, 0.25) is 0 Å². The highest BCUT2D eigenvalue weighted by atomic mass is 79.9. The fourth-order valence-electron chi connectivity index (χ4n) is 1.90. The molecule has 1 aromatic heterocycles. The Hall–Kier alpha value is -0.980. The van der Waals surface area contributed by atoms with Crippen LogP contribution in [0.4, 0.5) is 8.78 Å². The van der Waals surface area contributed by atoms with E-state index in [2.05, 4.69) is 26.2 Å². The fourth-order valence-corrected chi connectivity index (χ4v) is 3.19. The van der Waals surface area contributed by atoms with Crippen LogP contribution < -0.4 is 5.32 Å². The van der Waals surface area contributed by atoms with Gasteiger partial charge in [-0.25, -0.2) is 13.8 Å². The Kier molecular flexibility index (Phi) is 4.57. The molecule has 1 aliphatic carbocycles. The number of pyridine rings is 1. The van der Waals surface area contributed by atoms with Gasteiger partial charge in [0.15, 0.2) is 0 Å². The Balaban J connectivity index is 1.80. The minimum atomic E-state index is -0.551. The normalized spacial score (nSPS) is 14.4. The highest BCUT2D eigenvalue weighted by molar-refractivity contribution is 9.10. The van der Waals surface area contributed by atoms with Crippen molar-refractivity contribution in [3.63, 3.8) is 0 Å². The van der Waals surface area contributed by atoms with Gasteiger partial charge in [-0.1, -0.05) is 11.8 Å². The fraction of sp³-hybridized carbons (Fsp3) is 0.267. The molecule has 0 radical (unpaired) electrons. The molecule has 2 aromatic rings. The Morgan fingerprint density at radius 3 is 2.62 bits per heavy atom. The molecule has 1 aromatic carbocycles. The smallest absolute Gasteiger partial charge is 0.140 e. The van der Waals surface area contributed by atoms with Gasteiger partial charge in [-0.2, -0.15) is 0 Å². The summed E-state index contributed by atoms with van der Waals surface area (Å²) in [4.78, 5) is 4.09. The quantitative estimate of drug-likeness (QED) is 0.836. The molecule has 3 rings (SSSR count). The molecule has 1 aliphatic rings. The summed E-state index contributed by atoms with van der Waals surface area (Å²) in [5, 5.41) is 3.79. The number of nitrogens with zero attached hydrogens (tertiary/aromatic N) is 1. The third-order valence-corrected chi connectivity index (χ3v) is 5.17. The van der Waals surface area contributed by atoms with Gasteiger partial charge in [0, 0.05) is 18.8 Å². The summed E-state index contributed by atoms with van der Waals surface area (Å²) in [6, 6.07) is 6.83. The van der Waals surface area contributed by atoms with Crippen molar-refractivity contribution in [1.29, 1.82) is 0 Å². The number of halogens is 3. The van der Waals surface area contributed by atoms with Crippen molar-refractivity contribution in [1.82, 2.24) is 10.3 Å². The number of hydrogen-bond acceptors (Lipinski definition) is 3. The lowest BCUT2D eigenvalue weighted by atomic mass is 10.2. The number of rotatable bonds is 5. The highest BCUT2D eigenvalue weighted by Gasteiger charge is 2.21. The molecule has 0 bridgehead atoms. The number of benzene rings is 1. The second-order valence-electron chi connectivity index (χ2n) is 4.94. The molecule has 0 aliphatic heterocycles. The first-order valence-electron chi connectivity index (χ1n) is 6.63. The van der Waals surface area contributed by atoms with E-state index in [0.717, 1.165) is 24.6 Å². The molecule has 0 spiro atoms. The van der Waals surface area contributed by atoms with Crippen LogP contribution in [0.15, 0.2) is 44.9 Å². The lowest BCUT2D eigenvalue weighted by Gasteiger charge is -2.09. The van der Waals surface area contributed by atoms with Crippen LogP contribution >= 0.6 is 27.7 Å². The zero-order valence-corrected chi connectivity index (χ0v) is 13.5. The Labute approximate surface area is 134 Å². The van der Waals surface area contributed by atoms with E-state index in [-0.39, 0.29) is 4.90 Å². The van der Waals surface area contributed by atoms with E-state index in [1.165, 1.54) is 12.1 Å². The van der Waals surface area contributed by atoms with Crippen LogP contribution in [0.25, 0.3) is 0 Å². The lowest BCUT2D eigenvalue weighted by Crippen LogP contribution is -2.15. The van der Waals surface area contributed by atoms with Crippen molar-refractivity contribution >= 4 is 27.7 Å². The van der Waals surface area contributed by atoms with E-state index in [1.807, 2.05) is 0 Å². The van der Waals surface area contributed by atoms with Gasteiger partial charge in [-0.15, -0.1) is 0 Å². The minimum Gasteiger partial charge on any atom is -0.310 e. The van der Waals surface area contributed by atoms with Gasteiger partial charge in [0.25, 0.3) is 0 Å². The maximum Gasteiger partial charge on any atom is 0.140 e. The lowest BCUT2D eigenvalue weighted by molar-refractivity contribution is 0.534. The molecule has 1 saturated carbocycles. The largest absolute Gasteiger partial charge is 0.310 e. The number of nitrogens with one attached hydrogen (secondary N) is 1. The summed E-state index contributed by atoms with van der Waals surface area (Å²) < 4.78 is 29.0. The van der Waals surface area contributed by atoms with E-state index in [0.29, 0.717) is 27.6 Å². The van der Waals surface area contributed by atoms with Crippen molar-refractivity contribution in [3.8, 4) is 0 Å². The second-order valence-corrected chi connectivity index (χ2v) is 6.79. The zero-order valence-electron chi connectivity index (χ0n) is 11.1. The molecule has 6 heteroatoms. The molecule has 1 N–H and O–H groups in total. The molecule has 110 valence electrons. The SMILES string of the molecule is Fc1cc(CNC2CC2)cc(F)c1Sc1ncccc1Br. The number of aromatic nitrogens is 1. The van der Waals surface area contributed by atoms with Gasteiger partial charge in [0.1, 0.15) is 16.7 Å². The molecule has 21 heavy (non-hydrogen) atoms. The maximum atomic E-state index is 14.1. The van der Waals surface area contributed by atoms with Crippen LogP contribution in [0.5, 0.6) is 0 Å². The van der Waals surface area contributed by atoms with Crippen LogP contribution in [0, 0.1) is 11.6 Å². The van der Waals surface area contributed by atoms with Crippen molar-refractivity contribution in [3.05, 3.63) is 52.1 Å². The van der Waals surface area contributed by atoms with E-state index < -0.39 is 11.6 Å². The molecule has 1 heterocycles. The van der Waals surface area contributed by atoms with Gasteiger partial charge in [-0.05, 0) is 58.6 Å². The molecule has 0 unspecified atom stereocenters. The van der Waals surface area contributed by atoms with Crippen LogP contribution in [-0.4, -0.2) is 11.0 Å². The van der Waals surface area contributed by atoms with Crippen LogP contribution in [0.2, 0.25) is 0 Å². The zero-order chi connectivity index (χ0) is 14.8. The van der Waals surface area contributed by atoms with Crippen molar-refractivity contribution in [2.24, 2.45) is 0 Å². The topological polar surface area (TPSA) is 24.9 Å². The third kappa shape index (κ3) is 3.81. The Morgan fingerprint density at radius 2 is 2.00 bits per heavy atom. The third-order valence-electron chi connectivity index (χ3n) is 3.15. The Morgan fingerprint density at radius 1 is 1.29 bits per heavy atom. The summed E-state index contributed by atoms with van der Waals surface area (Å²) in [6.07, 6.45) is 3.88. The van der Waals surface area contributed by atoms with Gasteiger partial charge in [0.05, 0.1) is 9.37 Å². The standard InChI is InChI=1S/C15H13BrF2N2S/c16-11-2-1-5-19-15(11)21-14-12(17)6-9(7-13(14)18)8-20-10-3-4-10/h1-2,5-7,10,20H,3-4,8H2. The average Bonchev–Trinajstić information content (AvgIpc) is 3.26. The minimum absolute atomic E-state index is 0.0235. The first-order valence-corrected chi connectivity index (χ1v) is 8.24. The van der Waals surface area contributed by atoms with E-state index in [4.69, 9.17) is 0 Å². The van der Waals surface area contributed by atoms with Gasteiger partial charge >= 0.3 is 0 Å². The predicted molar refractivity (Wildman–Crippen MR) is 82.3 cm³/mol. The number of hydrogen-bond donors (Lipinski definition) is 1. The molecular weight excluding hydrogens is 358 g/mol. The van der Waals surface area contributed by atoms with Crippen molar-refractivity contribution in [2.45, 2.75) is 35.3 Å². The molecular formula is C15H13BrF2N2S. The van der Waals surface area contributed by atoms with Crippen LogP contribution in [0.1, 0.15) is 18.4 Å². The molecule has 2 nitrogen and oxygen atoms in total. The van der Waals surface area contributed by atoms with E-state index in [9.17, 15) is 8.78 Å². The molecule has 0 amide bonds. The van der Waals surface area contributed by atoms with Crippen LogP contribution in [-0.2, 0) is 6.54 Å². The van der Waals surface area contributed by atoms with Gasteiger partial charge < -0.3 is 5.32 Å². The predicted octanol–water partition coefficient (Wildman–Crippen LogP) is 4.53. The maximum absolute atomic E-state index is 14.1. The molecule has 0 atom stereocenters. The average molecular weight is 371 g/mol.